The van der Waals surface area contributed by atoms with Crippen molar-refractivity contribution in [2.45, 2.75) is 27.7 Å². The lowest BCUT2D eigenvalue weighted by molar-refractivity contribution is 0.0474. The number of anilines is 1. The van der Waals surface area contributed by atoms with Crippen LogP contribution in [0.2, 0.25) is 0 Å². The van der Waals surface area contributed by atoms with Gasteiger partial charge in [0.2, 0.25) is 5.78 Å². The van der Waals surface area contributed by atoms with Crippen LogP contribution < -0.4 is 4.90 Å². The van der Waals surface area contributed by atoms with Gasteiger partial charge in [-0.1, -0.05) is 6.07 Å². The summed E-state index contributed by atoms with van der Waals surface area (Å²) < 4.78 is 12.7. The number of rotatable bonds is 6. The fourth-order valence-electron chi connectivity index (χ4n) is 4.09. The van der Waals surface area contributed by atoms with Crippen molar-refractivity contribution in [2.75, 3.05) is 37.8 Å². The fraction of sp³-hybridized carbons (Fsp3) is 0.346. The molecule has 0 spiro atoms. The first kappa shape index (κ1) is 22.7. The van der Waals surface area contributed by atoms with E-state index >= 15 is 0 Å². The Hall–Kier alpha value is -3.45. The first-order valence-corrected chi connectivity index (χ1v) is 11.1. The van der Waals surface area contributed by atoms with Crippen molar-refractivity contribution in [3.63, 3.8) is 0 Å². The Morgan fingerprint density at radius 3 is 2.42 bits per heavy atom. The van der Waals surface area contributed by atoms with E-state index in [1.165, 1.54) is 17.3 Å². The van der Waals surface area contributed by atoms with Gasteiger partial charge in [-0.05, 0) is 69.2 Å². The number of aromatic nitrogens is 2. The monoisotopic (exact) mass is 447 g/mol. The zero-order chi connectivity index (χ0) is 23.5. The topological polar surface area (TPSA) is 73.7 Å². The Morgan fingerprint density at radius 2 is 1.76 bits per heavy atom. The Balaban J connectivity index is 1.42. The molecule has 33 heavy (non-hydrogen) atoms. The molecule has 0 unspecified atom stereocenters. The third-order valence-electron chi connectivity index (χ3n) is 6.13. The van der Waals surface area contributed by atoms with Crippen molar-refractivity contribution in [1.29, 1.82) is 0 Å². The number of morpholine rings is 1. The van der Waals surface area contributed by atoms with E-state index in [0.717, 1.165) is 36.0 Å². The summed E-state index contributed by atoms with van der Waals surface area (Å²) in [4.78, 5) is 31.8. The van der Waals surface area contributed by atoms with Crippen LogP contribution in [0.1, 0.15) is 43.2 Å². The predicted octanol–water partition coefficient (Wildman–Crippen LogP) is 3.98. The third kappa shape index (κ3) is 4.83. The first-order valence-electron chi connectivity index (χ1n) is 11.1. The summed E-state index contributed by atoms with van der Waals surface area (Å²) in [5.41, 5.74) is 6.07. The van der Waals surface area contributed by atoms with Crippen LogP contribution in [0.5, 0.6) is 0 Å². The number of Topliss-reactive ketones (excluding diaryl/α,β-unsaturated/α-hetero) is 1. The Labute approximate surface area is 194 Å². The van der Waals surface area contributed by atoms with Gasteiger partial charge in [-0.15, -0.1) is 0 Å². The third-order valence-corrected chi connectivity index (χ3v) is 6.13. The Kier molecular flexibility index (Phi) is 6.60. The minimum Gasteiger partial charge on any atom is -0.454 e. The fourth-order valence-corrected chi connectivity index (χ4v) is 4.09. The number of ketones is 1. The molecular weight excluding hydrogens is 418 g/mol. The van der Waals surface area contributed by atoms with Crippen molar-refractivity contribution in [1.82, 2.24) is 9.55 Å². The second-order valence-electron chi connectivity index (χ2n) is 8.39. The average molecular weight is 448 g/mol. The molecule has 1 aliphatic rings. The number of carbonyl (C=O) groups excluding carboxylic acids is 2. The second kappa shape index (κ2) is 9.58. The van der Waals surface area contributed by atoms with E-state index in [4.69, 9.17) is 9.47 Å². The molecule has 0 radical (unpaired) electrons. The van der Waals surface area contributed by atoms with Gasteiger partial charge in [0.15, 0.2) is 6.61 Å². The lowest BCUT2D eigenvalue weighted by atomic mass is 10.1. The minimum absolute atomic E-state index is 0.232. The van der Waals surface area contributed by atoms with Crippen LogP contribution in [0.4, 0.5) is 5.82 Å². The Morgan fingerprint density at radius 1 is 1.00 bits per heavy atom. The van der Waals surface area contributed by atoms with E-state index in [2.05, 4.69) is 40.4 Å². The molecule has 1 saturated heterocycles. The van der Waals surface area contributed by atoms with Gasteiger partial charge < -0.3 is 18.9 Å². The van der Waals surface area contributed by atoms with E-state index in [-0.39, 0.29) is 12.4 Å². The van der Waals surface area contributed by atoms with Crippen molar-refractivity contribution in [3.8, 4) is 5.69 Å². The van der Waals surface area contributed by atoms with Gasteiger partial charge in [0.05, 0.1) is 18.8 Å². The second-order valence-corrected chi connectivity index (χ2v) is 8.39. The number of nitrogens with zero attached hydrogens (tertiary/aromatic N) is 3. The Bertz CT molecular complexity index is 1170. The van der Waals surface area contributed by atoms with Crippen LogP contribution in [-0.4, -0.2) is 54.2 Å². The van der Waals surface area contributed by atoms with E-state index in [1.807, 2.05) is 26.0 Å². The van der Waals surface area contributed by atoms with Gasteiger partial charge in [0.25, 0.3) is 0 Å². The summed E-state index contributed by atoms with van der Waals surface area (Å²) >= 11 is 0. The summed E-state index contributed by atoms with van der Waals surface area (Å²) in [7, 11) is 0. The molecule has 0 bridgehead atoms. The molecule has 0 saturated carbocycles. The van der Waals surface area contributed by atoms with Gasteiger partial charge in [-0.2, -0.15) is 0 Å². The van der Waals surface area contributed by atoms with Crippen molar-refractivity contribution in [3.05, 3.63) is 76.2 Å². The zero-order valence-electron chi connectivity index (χ0n) is 19.6. The molecule has 0 N–H and O–H groups in total. The van der Waals surface area contributed by atoms with Gasteiger partial charge in [-0.25, -0.2) is 9.78 Å². The van der Waals surface area contributed by atoms with Crippen molar-refractivity contribution >= 4 is 17.6 Å². The molecule has 3 heterocycles. The maximum Gasteiger partial charge on any atom is 0.340 e. The predicted molar refractivity (Wildman–Crippen MR) is 127 cm³/mol. The van der Waals surface area contributed by atoms with Crippen LogP contribution >= 0.6 is 0 Å². The first-order chi connectivity index (χ1) is 15.8. The molecule has 172 valence electrons. The average Bonchev–Trinajstić information content (AvgIpc) is 3.13. The highest BCUT2D eigenvalue weighted by molar-refractivity contribution is 6.00. The van der Waals surface area contributed by atoms with E-state index in [0.29, 0.717) is 24.3 Å². The SMILES string of the molecule is Cc1ccc(-n2c(C)cc(C(=O)COC(=O)c3ccc(N4CCOCC4)nc3)c2C)cc1C. The highest BCUT2D eigenvalue weighted by atomic mass is 16.5. The normalized spacial score (nSPS) is 13.8. The largest absolute Gasteiger partial charge is 0.454 e. The highest BCUT2D eigenvalue weighted by Gasteiger charge is 2.19. The minimum atomic E-state index is -0.563. The standard InChI is InChI=1S/C26H29N3O4/c1-17-5-7-22(13-18(17)2)29-19(3)14-23(20(29)4)24(30)16-33-26(31)21-6-8-25(27-15-21)28-9-11-32-12-10-28/h5-8,13-15H,9-12,16H2,1-4H3. The van der Waals surface area contributed by atoms with Crippen molar-refractivity contribution in [2.24, 2.45) is 0 Å². The van der Waals surface area contributed by atoms with Gasteiger partial charge in [-0.3, -0.25) is 4.79 Å². The van der Waals surface area contributed by atoms with Crippen LogP contribution in [-0.2, 0) is 9.47 Å². The number of aryl methyl sites for hydroxylation is 3. The number of esters is 1. The van der Waals surface area contributed by atoms with Gasteiger partial charge in [0, 0.05) is 41.9 Å². The highest BCUT2D eigenvalue weighted by Crippen LogP contribution is 2.23. The molecule has 0 atom stereocenters. The summed E-state index contributed by atoms with van der Waals surface area (Å²) in [6.45, 7) is 10.6. The molecule has 7 nitrogen and oxygen atoms in total. The van der Waals surface area contributed by atoms with E-state index < -0.39 is 5.97 Å². The molecule has 3 aromatic rings. The zero-order valence-corrected chi connectivity index (χ0v) is 19.6. The maximum atomic E-state index is 12.9. The molecule has 0 aliphatic carbocycles. The number of hydrogen-bond donors (Lipinski definition) is 0. The number of pyridine rings is 1. The molecule has 1 fully saturated rings. The quantitative estimate of drug-likeness (QED) is 0.420. The lowest BCUT2D eigenvalue weighted by Gasteiger charge is -2.27. The number of ether oxygens (including phenoxy) is 2. The van der Waals surface area contributed by atoms with Crippen LogP contribution in [0, 0.1) is 27.7 Å². The summed E-state index contributed by atoms with van der Waals surface area (Å²) in [6.07, 6.45) is 1.49. The molecule has 0 amide bonds. The van der Waals surface area contributed by atoms with Crippen molar-refractivity contribution < 1.29 is 19.1 Å². The molecule has 1 aliphatic heterocycles. The van der Waals surface area contributed by atoms with Crippen LogP contribution in [0.15, 0.2) is 42.6 Å². The summed E-state index contributed by atoms with van der Waals surface area (Å²) in [5.74, 6) is 0.00137. The van der Waals surface area contributed by atoms with Crippen LogP contribution in [0.3, 0.4) is 0 Å². The van der Waals surface area contributed by atoms with E-state index in [1.54, 1.807) is 12.1 Å². The van der Waals surface area contributed by atoms with Gasteiger partial charge >= 0.3 is 5.97 Å². The molecular formula is C26H29N3O4. The van der Waals surface area contributed by atoms with E-state index in [9.17, 15) is 9.59 Å². The smallest absolute Gasteiger partial charge is 0.340 e. The van der Waals surface area contributed by atoms with Crippen LogP contribution in [0.25, 0.3) is 5.69 Å². The van der Waals surface area contributed by atoms with Gasteiger partial charge in [0.1, 0.15) is 5.82 Å². The lowest BCUT2D eigenvalue weighted by Crippen LogP contribution is -2.36. The summed E-state index contributed by atoms with van der Waals surface area (Å²) in [6, 6.07) is 11.5. The maximum absolute atomic E-state index is 12.9. The number of carbonyl (C=O) groups is 2. The summed E-state index contributed by atoms with van der Waals surface area (Å²) in [5, 5.41) is 0. The molecule has 4 rings (SSSR count). The molecule has 2 aromatic heterocycles. The molecule has 7 heteroatoms. The number of benzene rings is 1. The molecule has 1 aromatic carbocycles. The number of hydrogen-bond acceptors (Lipinski definition) is 6.